The number of hydrogen-bond donors (Lipinski definition) is 1. The van der Waals surface area contributed by atoms with Gasteiger partial charge in [-0.25, -0.2) is 0 Å². The van der Waals surface area contributed by atoms with Gasteiger partial charge in [0, 0.05) is 25.2 Å². The van der Waals surface area contributed by atoms with E-state index in [2.05, 4.69) is 200 Å². The van der Waals surface area contributed by atoms with Crippen LogP contribution in [0.2, 0.25) is 0 Å². The summed E-state index contributed by atoms with van der Waals surface area (Å²) in [6, 6.07) is 69.0. The number of rotatable bonds is 15. The molecule has 2 atom stereocenters. The minimum absolute atomic E-state index is 0.108. The highest BCUT2D eigenvalue weighted by Gasteiger charge is 2.31. The molecule has 8 rings (SSSR count). The quantitative estimate of drug-likeness (QED) is 0.105. The van der Waals surface area contributed by atoms with Gasteiger partial charge in [0.1, 0.15) is 12.4 Å². The van der Waals surface area contributed by atoms with Crippen LogP contribution in [-0.2, 0) is 19.7 Å². The number of nitrogens with zero attached hydrogens (tertiary/aromatic N) is 1. The van der Waals surface area contributed by atoms with Crippen LogP contribution in [0.15, 0.2) is 195 Å². The first-order chi connectivity index (χ1) is 28.6. The molecule has 0 heterocycles. The molecule has 0 saturated heterocycles. The number of benzene rings is 7. The van der Waals surface area contributed by atoms with Crippen molar-refractivity contribution in [3.63, 3.8) is 0 Å². The van der Waals surface area contributed by atoms with Gasteiger partial charge in [0.15, 0.2) is 0 Å². The Morgan fingerprint density at radius 3 is 1.57 bits per heavy atom. The highest BCUT2D eigenvalue weighted by atomic mass is 31.1. The standard InChI is InChI=1S/C53H52N2OP2/c1-2-41-31-33-42(34-32-41)40-56-45-35-36-53(58(48-24-11-5-12-25-48)49-26-13-6-14-27-49)44(37-45)39-55(51-29-17-16-28-50(51)54)38-43-19-15-18-30-52(43)57(46-20-7-3-8-21-46)47-22-9-4-10-23-47/h2-15,18-27,30-37,50-51H,1,16-17,28-29,38-40,54H2/t50-,51-/m1/s1. The minimum Gasteiger partial charge on any atom is -0.489 e. The highest BCUT2D eigenvalue weighted by Crippen LogP contribution is 2.38. The second-order valence-electron chi connectivity index (χ2n) is 15.1. The molecule has 0 radical (unpaired) electrons. The Bertz CT molecular complexity index is 2280. The SMILES string of the molecule is C=Cc1ccc(COc2ccc(P(c3ccccc3)c3ccccc3)c(CN(Cc3ccccc3P(c3ccccc3)c3ccccc3)[C@@H]3CCCC[C@H]3N)c2)cc1. The van der Waals surface area contributed by atoms with Crippen LogP contribution in [0.1, 0.15) is 47.9 Å². The number of nitrogens with two attached hydrogens (primary N) is 1. The van der Waals surface area contributed by atoms with E-state index >= 15 is 0 Å². The number of ether oxygens (including phenoxy) is 1. The fourth-order valence-electron chi connectivity index (χ4n) is 8.26. The van der Waals surface area contributed by atoms with Gasteiger partial charge in [-0.15, -0.1) is 0 Å². The van der Waals surface area contributed by atoms with Crippen LogP contribution >= 0.6 is 15.8 Å². The largest absolute Gasteiger partial charge is 0.489 e. The van der Waals surface area contributed by atoms with Crippen LogP contribution in [0.3, 0.4) is 0 Å². The van der Waals surface area contributed by atoms with E-state index in [1.165, 1.54) is 55.8 Å². The molecular weight excluding hydrogens is 743 g/mol. The second-order valence-corrected chi connectivity index (χ2v) is 19.5. The van der Waals surface area contributed by atoms with Gasteiger partial charge in [0.05, 0.1) is 0 Å². The summed E-state index contributed by atoms with van der Waals surface area (Å²) in [6.07, 6.45) is 6.39. The van der Waals surface area contributed by atoms with Gasteiger partial charge in [-0.05, 0) is 101 Å². The predicted octanol–water partition coefficient (Wildman–Crippen LogP) is 9.70. The van der Waals surface area contributed by atoms with Crippen molar-refractivity contribution in [2.24, 2.45) is 5.73 Å². The topological polar surface area (TPSA) is 38.5 Å². The molecule has 0 unspecified atom stereocenters. The van der Waals surface area contributed by atoms with Crippen LogP contribution in [0, 0.1) is 0 Å². The van der Waals surface area contributed by atoms with Crippen molar-refractivity contribution in [2.45, 2.75) is 57.5 Å². The molecular formula is C53H52N2OP2. The summed E-state index contributed by atoms with van der Waals surface area (Å²) in [5.41, 5.74) is 12.0. The first kappa shape index (κ1) is 39.7. The molecule has 1 fully saturated rings. The summed E-state index contributed by atoms with van der Waals surface area (Å²) in [5, 5.41) is 8.15. The van der Waals surface area contributed by atoms with E-state index in [1.807, 2.05) is 6.08 Å². The van der Waals surface area contributed by atoms with Crippen LogP contribution in [0.4, 0.5) is 0 Å². The van der Waals surface area contributed by atoms with Crippen LogP contribution in [0.25, 0.3) is 6.08 Å². The van der Waals surface area contributed by atoms with Gasteiger partial charge < -0.3 is 10.5 Å². The first-order valence-electron chi connectivity index (χ1n) is 20.5. The summed E-state index contributed by atoms with van der Waals surface area (Å²) in [6.45, 7) is 5.99. The first-order valence-corrected chi connectivity index (χ1v) is 23.2. The molecule has 3 nitrogen and oxygen atoms in total. The molecule has 0 amide bonds. The third kappa shape index (κ3) is 9.58. The average Bonchev–Trinajstić information content (AvgIpc) is 3.28. The zero-order valence-electron chi connectivity index (χ0n) is 33.1. The zero-order chi connectivity index (χ0) is 39.5. The molecule has 0 aliphatic heterocycles. The molecule has 1 aliphatic carbocycles. The molecule has 290 valence electrons. The highest BCUT2D eigenvalue weighted by molar-refractivity contribution is 7.80. The van der Waals surface area contributed by atoms with Gasteiger partial charge in [-0.1, -0.05) is 195 Å². The van der Waals surface area contributed by atoms with Crippen molar-refractivity contribution in [1.29, 1.82) is 0 Å². The van der Waals surface area contributed by atoms with Crippen molar-refractivity contribution >= 4 is 53.7 Å². The minimum atomic E-state index is -0.853. The summed E-state index contributed by atoms with van der Waals surface area (Å²) in [4.78, 5) is 2.71. The van der Waals surface area contributed by atoms with E-state index < -0.39 is 15.8 Å². The van der Waals surface area contributed by atoms with Crippen molar-refractivity contribution in [3.05, 3.63) is 217 Å². The van der Waals surface area contributed by atoms with Gasteiger partial charge in [0.25, 0.3) is 0 Å². The Labute approximate surface area is 347 Å². The van der Waals surface area contributed by atoms with Gasteiger partial charge in [-0.3, -0.25) is 4.90 Å². The molecule has 7 aromatic carbocycles. The second kappa shape index (κ2) is 19.5. The van der Waals surface area contributed by atoms with Gasteiger partial charge in [0.2, 0.25) is 0 Å². The zero-order valence-corrected chi connectivity index (χ0v) is 34.9. The molecule has 7 aromatic rings. The molecule has 0 aromatic heterocycles. The lowest BCUT2D eigenvalue weighted by molar-refractivity contribution is 0.122. The van der Waals surface area contributed by atoms with Gasteiger partial charge in [-0.2, -0.15) is 0 Å². The maximum Gasteiger partial charge on any atom is 0.120 e. The molecule has 0 bridgehead atoms. The van der Waals surface area contributed by atoms with Crippen LogP contribution in [-0.4, -0.2) is 17.0 Å². The monoisotopic (exact) mass is 794 g/mol. The summed E-state index contributed by atoms with van der Waals surface area (Å²) in [7, 11) is -1.63. The lowest BCUT2D eigenvalue weighted by Gasteiger charge is -2.40. The lowest BCUT2D eigenvalue weighted by Crippen LogP contribution is -2.49. The molecule has 2 N–H and O–H groups in total. The molecule has 5 heteroatoms. The Morgan fingerprint density at radius 2 is 1.03 bits per heavy atom. The Balaban J connectivity index is 1.22. The van der Waals surface area contributed by atoms with Crippen molar-refractivity contribution in [3.8, 4) is 5.75 Å². The fourth-order valence-corrected chi connectivity index (χ4v) is 13.2. The summed E-state index contributed by atoms with van der Waals surface area (Å²) >= 11 is 0. The van der Waals surface area contributed by atoms with E-state index in [9.17, 15) is 0 Å². The molecule has 58 heavy (non-hydrogen) atoms. The Kier molecular flexibility index (Phi) is 13.4. The van der Waals surface area contributed by atoms with Crippen LogP contribution in [0.5, 0.6) is 5.75 Å². The maximum absolute atomic E-state index is 7.15. The Hall–Kier alpha value is -5.14. The average molecular weight is 795 g/mol. The number of hydrogen-bond acceptors (Lipinski definition) is 3. The third-order valence-corrected chi connectivity index (χ3v) is 16.3. The fraction of sp³-hybridized carbons (Fsp3) is 0.170. The van der Waals surface area contributed by atoms with E-state index in [4.69, 9.17) is 10.5 Å². The lowest BCUT2D eigenvalue weighted by atomic mass is 9.89. The normalized spacial score (nSPS) is 15.4. The van der Waals surface area contributed by atoms with Crippen molar-refractivity contribution in [1.82, 2.24) is 4.90 Å². The van der Waals surface area contributed by atoms with Crippen molar-refractivity contribution < 1.29 is 4.74 Å². The Morgan fingerprint density at radius 1 is 0.552 bits per heavy atom. The smallest absolute Gasteiger partial charge is 0.120 e. The molecule has 0 spiro atoms. The molecule has 1 aliphatic rings. The van der Waals surface area contributed by atoms with Crippen molar-refractivity contribution in [2.75, 3.05) is 0 Å². The van der Waals surface area contributed by atoms with Crippen LogP contribution < -0.4 is 42.3 Å². The summed E-state index contributed by atoms with van der Waals surface area (Å²) < 4.78 is 6.61. The maximum atomic E-state index is 7.15. The van der Waals surface area contributed by atoms with E-state index in [0.29, 0.717) is 6.61 Å². The predicted molar refractivity (Wildman–Crippen MR) is 251 cm³/mol. The van der Waals surface area contributed by atoms with E-state index in [-0.39, 0.29) is 12.1 Å². The van der Waals surface area contributed by atoms with E-state index in [1.54, 1.807) is 0 Å². The summed E-state index contributed by atoms with van der Waals surface area (Å²) in [5.74, 6) is 0.882. The van der Waals surface area contributed by atoms with E-state index in [0.717, 1.165) is 42.8 Å². The molecule has 1 saturated carbocycles. The van der Waals surface area contributed by atoms with Gasteiger partial charge >= 0.3 is 0 Å². The third-order valence-electron chi connectivity index (χ3n) is 11.2.